The fourth-order valence-corrected chi connectivity index (χ4v) is 6.58. The van der Waals surface area contributed by atoms with Crippen molar-refractivity contribution in [2.45, 2.75) is 61.4 Å². The van der Waals surface area contributed by atoms with Gasteiger partial charge in [0.15, 0.2) is 10.8 Å². The predicted molar refractivity (Wildman–Crippen MR) is 97.4 cm³/mol. The number of carbonyl (C=O) groups excluding carboxylic acids is 1. The Morgan fingerprint density at radius 2 is 1.88 bits per heavy atom. The van der Waals surface area contributed by atoms with Gasteiger partial charge in [0, 0.05) is 11.7 Å². The highest BCUT2D eigenvalue weighted by Crippen LogP contribution is 2.55. The molecule has 132 valence electrons. The number of nitrogens with one attached hydrogen (secondary N) is 1. The zero-order valence-electron chi connectivity index (χ0n) is 14.5. The normalized spacial score (nSPS) is 34.4. The van der Waals surface area contributed by atoms with Crippen molar-refractivity contribution in [1.29, 1.82) is 0 Å². The van der Waals surface area contributed by atoms with Crippen LogP contribution in [0.5, 0.6) is 0 Å². The molecule has 4 bridgehead atoms. The fraction of sp³-hybridized carbons (Fsp3) is 0.632. The van der Waals surface area contributed by atoms with E-state index in [0.717, 1.165) is 28.6 Å². The van der Waals surface area contributed by atoms with Gasteiger partial charge in [0.05, 0.1) is 5.25 Å². The summed E-state index contributed by atoms with van der Waals surface area (Å²) in [6.45, 7) is 1.98. The van der Waals surface area contributed by atoms with E-state index in [9.17, 15) is 4.79 Å². The molecule has 0 aromatic carbocycles. The van der Waals surface area contributed by atoms with Gasteiger partial charge < -0.3 is 5.32 Å². The Morgan fingerprint density at radius 3 is 2.56 bits per heavy atom. The summed E-state index contributed by atoms with van der Waals surface area (Å²) in [5.74, 6) is 2.68. The molecule has 0 unspecified atom stereocenters. The number of rotatable bonds is 4. The van der Waals surface area contributed by atoms with Crippen molar-refractivity contribution in [3.05, 3.63) is 24.4 Å². The number of amides is 1. The molecule has 4 aliphatic carbocycles. The molecule has 0 radical (unpaired) electrons. The number of nitrogens with zero attached hydrogens (tertiary/aromatic N) is 3. The summed E-state index contributed by atoms with van der Waals surface area (Å²) in [5, 5.41) is 12.5. The molecule has 6 rings (SSSR count). The van der Waals surface area contributed by atoms with Gasteiger partial charge in [0.1, 0.15) is 0 Å². The highest BCUT2D eigenvalue weighted by atomic mass is 32.2. The monoisotopic (exact) mass is 356 g/mol. The van der Waals surface area contributed by atoms with Crippen LogP contribution < -0.4 is 5.32 Å². The molecule has 2 heterocycles. The average molecular weight is 356 g/mol. The van der Waals surface area contributed by atoms with E-state index in [-0.39, 0.29) is 16.7 Å². The van der Waals surface area contributed by atoms with E-state index in [1.165, 1.54) is 50.3 Å². The van der Waals surface area contributed by atoms with Gasteiger partial charge in [0.25, 0.3) is 0 Å². The zero-order chi connectivity index (χ0) is 17.0. The third kappa shape index (κ3) is 2.75. The van der Waals surface area contributed by atoms with Crippen LogP contribution in [0, 0.1) is 17.8 Å². The van der Waals surface area contributed by atoms with Gasteiger partial charge in [-0.3, -0.25) is 9.20 Å². The van der Waals surface area contributed by atoms with Crippen molar-refractivity contribution >= 4 is 23.3 Å². The standard InChI is InChI=1S/C19H24N4OS/c1-12(25-18-22-21-16-4-2-3-5-23(16)18)17(24)20-19-9-13-6-14(10-19)8-15(7-13)11-19/h2-5,12-15H,6-11H2,1H3,(H,20,24)/t12-,13?,14?,15?,19?/m0/s1. The molecule has 2 aromatic heterocycles. The van der Waals surface area contributed by atoms with E-state index in [0.29, 0.717) is 0 Å². The molecule has 0 saturated heterocycles. The zero-order valence-corrected chi connectivity index (χ0v) is 15.3. The van der Waals surface area contributed by atoms with Gasteiger partial charge >= 0.3 is 0 Å². The minimum absolute atomic E-state index is 0.0769. The predicted octanol–water partition coefficient (Wildman–Crippen LogP) is 3.29. The highest BCUT2D eigenvalue weighted by molar-refractivity contribution is 8.00. The summed E-state index contributed by atoms with van der Waals surface area (Å²) in [5.41, 5.74) is 0.895. The summed E-state index contributed by atoms with van der Waals surface area (Å²) in [7, 11) is 0. The molecule has 1 atom stereocenters. The number of hydrogen-bond acceptors (Lipinski definition) is 4. The van der Waals surface area contributed by atoms with Crippen LogP contribution in [-0.2, 0) is 4.79 Å². The molecule has 1 amide bonds. The smallest absolute Gasteiger partial charge is 0.233 e. The Labute approximate surface area is 152 Å². The SMILES string of the molecule is C[C@H](Sc1nnc2ccccn12)C(=O)NC12CC3CC(CC(C3)C1)C2. The van der Waals surface area contributed by atoms with Crippen molar-refractivity contribution in [1.82, 2.24) is 19.9 Å². The van der Waals surface area contributed by atoms with E-state index in [1.807, 2.05) is 35.7 Å². The summed E-state index contributed by atoms with van der Waals surface area (Å²) < 4.78 is 1.94. The van der Waals surface area contributed by atoms with Crippen molar-refractivity contribution in [3.8, 4) is 0 Å². The summed E-state index contributed by atoms with van der Waals surface area (Å²) in [6, 6.07) is 5.83. The van der Waals surface area contributed by atoms with Gasteiger partial charge in [-0.25, -0.2) is 0 Å². The second kappa shape index (κ2) is 5.73. The lowest BCUT2D eigenvalue weighted by atomic mass is 9.53. The lowest BCUT2D eigenvalue weighted by Crippen LogP contribution is -2.60. The van der Waals surface area contributed by atoms with E-state index in [4.69, 9.17) is 0 Å². The number of aromatic nitrogens is 3. The van der Waals surface area contributed by atoms with Gasteiger partial charge in [-0.15, -0.1) is 10.2 Å². The van der Waals surface area contributed by atoms with Crippen molar-refractivity contribution in [2.75, 3.05) is 0 Å². The minimum atomic E-state index is -0.166. The molecule has 25 heavy (non-hydrogen) atoms. The topological polar surface area (TPSA) is 59.3 Å². The maximum Gasteiger partial charge on any atom is 0.233 e. The third-order valence-corrected chi connectivity index (χ3v) is 7.42. The van der Waals surface area contributed by atoms with Gasteiger partial charge in [-0.2, -0.15) is 0 Å². The summed E-state index contributed by atoms with van der Waals surface area (Å²) in [4.78, 5) is 12.9. The van der Waals surface area contributed by atoms with Gasteiger partial charge in [0.2, 0.25) is 5.91 Å². The Balaban J connectivity index is 1.29. The van der Waals surface area contributed by atoms with E-state index in [2.05, 4.69) is 15.5 Å². The molecule has 2 aromatic rings. The number of fused-ring (bicyclic) bond motifs is 1. The quantitative estimate of drug-likeness (QED) is 0.854. The van der Waals surface area contributed by atoms with Crippen molar-refractivity contribution < 1.29 is 4.79 Å². The molecule has 6 heteroatoms. The Hall–Kier alpha value is -1.56. The third-order valence-electron chi connectivity index (χ3n) is 6.36. The Kier molecular flexibility index (Phi) is 3.59. The highest BCUT2D eigenvalue weighted by Gasteiger charge is 2.51. The summed E-state index contributed by atoms with van der Waals surface area (Å²) in [6.07, 6.45) is 9.70. The molecular formula is C19H24N4OS. The average Bonchev–Trinajstić information content (AvgIpc) is 2.96. The van der Waals surface area contributed by atoms with Crippen LogP contribution >= 0.6 is 11.8 Å². The molecule has 0 aliphatic heterocycles. The minimum Gasteiger partial charge on any atom is -0.350 e. The maximum atomic E-state index is 12.9. The van der Waals surface area contributed by atoms with Crippen LogP contribution in [0.25, 0.3) is 5.65 Å². The van der Waals surface area contributed by atoms with Crippen LogP contribution in [0.1, 0.15) is 45.4 Å². The first-order valence-electron chi connectivity index (χ1n) is 9.39. The van der Waals surface area contributed by atoms with Crippen molar-refractivity contribution in [3.63, 3.8) is 0 Å². The second-order valence-electron chi connectivity index (χ2n) is 8.36. The number of thioether (sulfide) groups is 1. The van der Waals surface area contributed by atoms with Gasteiger partial charge in [-0.05, 0) is 75.3 Å². The number of carbonyl (C=O) groups is 1. The molecule has 4 aliphatic rings. The fourth-order valence-electron chi connectivity index (χ4n) is 5.74. The lowest BCUT2D eigenvalue weighted by Gasteiger charge is -2.57. The van der Waals surface area contributed by atoms with Crippen LogP contribution in [-0.4, -0.2) is 31.3 Å². The Bertz CT molecular complexity index is 781. The lowest BCUT2D eigenvalue weighted by molar-refractivity contribution is -0.126. The second-order valence-corrected chi connectivity index (χ2v) is 9.67. The first-order chi connectivity index (χ1) is 12.1. The Morgan fingerprint density at radius 1 is 1.20 bits per heavy atom. The molecular weight excluding hydrogens is 332 g/mol. The van der Waals surface area contributed by atoms with Gasteiger partial charge in [-0.1, -0.05) is 17.8 Å². The molecule has 0 spiro atoms. The van der Waals surface area contributed by atoms with Crippen LogP contribution in [0.4, 0.5) is 0 Å². The van der Waals surface area contributed by atoms with Crippen LogP contribution in [0.15, 0.2) is 29.6 Å². The summed E-state index contributed by atoms with van der Waals surface area (Å²) >= 11 is 1.49. The molecule has 5 nitrogen and oxygen atoms in total. The van der Waals surface area contributed by atoms with Crippen molar-refractivity contribution in [2.24, 2.45) is 17.8 Å². The maximum absolute atomic E-state index is 12.9. The first kappa shape index (κ1) is 15.7. The van der Waals surface area contributed by atoms with E-state index in [1.54, 1.807) is 0 Å². The molecule has 1 N–H and O–H groups in total. The van der Waals surface area contributed by atoms with E-state index >= 15 is 0 Å². The number of hydrogen-bond donors (Lipinski definition) is 1. The number of pyridine rings is 1. The molecule has 4 fully saturated rings. The molecule has 4 saturated carbocycles. The first-order valence-corrected chi connectivity index (χ1v) is 10.3. The van der Waals surface area contributed by atoms with Crippen LogP contribution in [0.3, 0.4) is 0 Å². The largest absolute Gasteiger partial charge is 0.350 e. The van der Waals surface area contributed by atoms with Crippen LogP contribution in [0.2, 0.25) is 0 Å². The van der Waals surface area contributed by atoms with E-state index < -0.39 is 0 Å².